The summed E-state index contributed by atoms with van der Waals surface area (Å²) in [5.74, 6) is 0.673. The third-order valence-corrected chi connectivity index (χ3v) is 5.46. The van der Waals surface area contributed by atoms with Crippen molar-refractivity contribution >= 4 is 40.2 Å². The number of hydrogen-bond acceptors (Lipinski definition) is 3. The van der Waals surface area contributed by atoms with E-state index in [1.807, 2.05) is 41.2 Å². The number of aromatic nitrogens is 1. The van der Waals surface area contributed by atoms with E-state index >= 15 is 0 Å². The van der Waals surface area contributed by atoms with Crippen LogP contribution in [0.5, 0.6) is 5.75 Å². The molecule has 6 heteroatoms. The van der Waals surface area contributed by atoms with Gasteiger partial charge >= 0.3 is 0 Å². The summed E-state index contributed by atoms with van der Waals surface area (Å²) in [7, 11) is 0. The zero-order chi connectivity index (χ0) is 17.4. The first-order valence-electron chi connectivity index (χ1n) is 8.03. The summed E-state index contributed by atoms with van der Waals surface area (Å²) in [4.78, 5) is 13.9. The van der Waals surface area contributed by atoms with E-state index < -0.39 is 0 Å². The minimum Gasteiger partial charge on any atom is -0.490 e. The van der Waals surface area contributed by atoms with Gasteiger partial charge in [-0.3, -0.25) is 4.79 Å². The van der Waals surface area contributed by atoms with E-state index in [9.17, 15) is 4.79 Å². The van der Waals surface area contributed by atoms with Crippen LogP contribution in [0.3, 0.4) is 0 Å². The molecule has 128 valence electrons. The third kappa shape index (κ3) is 2.98. The second kappa shape index (κ2) is 6.65. The summed E-state index contributed by atoms with van der Waals surface area (Å²) in [6, 6.07) is 13.7. The Labute approximate surface area is 155 Å². The Balaban J connectivity index is 1.60. The number of thioether (sulfide) groups is 1. The average molecular weight is 373 g/mol. The van der Waals surface area contributed by atoms with Gasteiger partial charge in [-0.15, -0.1) is 11.8 Å². The van der Waals surface area contributed by atoms with Gasteiger partial charge in [0.2, 0.25) is 0 Å². The molecule has 1 amide bonds. The minimum absolute atomic E-state index is 0.103. The molecular weight excluding hydrogens is 356 g/mol. The Hall–Kier alpha value is -2.11. The molecule has 0 saturated carbocycles. The fraction of sp³-hybridized carbons (Fsp3) is 0.211. The fourth-order valence-electron chi connectivity index (χ4n) is 3.11. The first-order valence-corrected chi connectivity index (χ1v) is 9.63. The van der Waals surface area contributed by atoms with Crippen molar-refractivity contribution in [3.63, 3.8) is 0 Å². The predicted octanol–water partition coefficient (Wildman–Crippen LogP) is 4.34. The third-order valence-electron chi connectivity index (χ3n) is 4.39. The standard InChI is InChI=1S/C19H17ClN2O2S/c1-25-13-4-2-12(3-5-13)11-21-19(23)16-10-14-15(20)6-7-17-18(14)22(16)8-9-24-17/h2-7,10H,8-9,11H2,1H3,(H,21,23). The lowest BCUT2D eigenvalue weighted by Gasteiger charge is -2.19. The average Bonchev–Trinajstić information content (AvgIpc) is 3.05. The molecule has 1 aliphatic rings. The van der Waals surface area contributed by atoms with E-state index in [1.165, 1.54) is 4.90 Å². The number of ether oxygens (including phenoxy) is 1. The van der Waals surface area contributed by atoms with E-state index in [-0.39, 0.29) is 5.91 Å². The second-order valence-corrected chi connectivity index (χ2v) is 7.16. The summed E-state index contributed by atoms with van der Waals surface area (Å²) < 4.78 is 7.67. The van der Waals surface area contributed by atoms with Crippen molar-refractivity contribution in [1.29, 1.82) is 0 Å². The number of carbonyl (C=O) groups is 1. The smallest absolute Gasteiger partial charge is 0.268 e. The van der Waals surface area contributed by atoms with Crippen LogP contribution in [0.4, 0.5) is 0 Å². The van der Waals surface area contributed by atoms with Crippen molar-refractivity contribution in [3.8, 4) is 5.75 Å². The monoisotopic (exact) mass is 372 g/mol. The van der Waals surface area contributed by atoms with E-state index in [0.717, 1.165) is 22.2 Å². The Morgan fingerprint density at radius 3 is 2.84 bits per heavy atom. The molecule has 4 rings (SSSR count). The molecule has 25 heavy (non-hydrogen) atoms. The van der Waals surface area contributed by atoms with Gasteiger partial charge in [-0.2, -0.15) is 0 Å². The lowest BCUT2D eigenvalue weighted by molar-refractivity contribution is 0.0940. The summed E-state index contributed by atoms with van der Waals surface area (Å²) in [5, 5.41) is 4.49. The largest absolute Gasteiger partial charge is 0.490 e. The number of nitrogens with one attached hydrogen (secondary N) is 1. The van der Waals surface area contributed by atoms with Gasteiger partial charge in [0.15, 0.2) is 0 Å². The molecule has 0 aliphatic carbocycles. The van der Waals surface area contributed by atoms with Crippen molar-refractivity contribution in [2.24, 2.45) is 0 Å². The Bertz CT molecular complexity index is 950. The van der Waals surface area contributed by atoms with Crippen molar-refractivity contribution in [2.45, 2.75) is 18.0 Å². The summed E-state index contributed by atoms with van der Waals surface area (Å²) in [6.07, 6.45) is 2.04. The summed E-state index contributed by atoms with van der Waals surface area (Å²) in [6.45, 7) is 1.68. The topological polar surface area (TPSA) is 43.3 Å². The van der Waals surface area contributed by atoms with Crippen molar-refractivity contribution in [1.82, 2.24) is 9.88 Å². The molecule has 0 unspecified atom stereocenters. The number of nitrogens with zero attached hydrogens (tertiary/aromatic N) is 1. The predicted molar refractivity (Wildman–Crippen MR) is 102 cm³/mol. The van der Waals surface area contributed by atoms with Crippen LogP contribution in [-0.4, -0.2) is 23.3 Å². The molecule has 0 saturated heterocycles. The highest BCUT2D eigenvalue weighted by Gasteiger charge is 2.22. The maximum absolute atomic E-state index is 12.7. The molecule has 1 aliphatic heterocycles. The van der Waals surface area contributed by atoms with Crippen molar-refractivity contribution in [2.75, 3.05) is 12.9 Å². The van der Waals surface area contributed by atoms with Gasteiger partial charge in [-0.1, -0.05) is 23.7 Å². The minimum atomic E-state index is -0.103. The molecule has 2 aromatic carbocycles. The van der Waals surface area contributed by atoms with Gasteiger partial charge in [-0.05, 0) is 42.2 Å². The molecular formula is C19H17ClN2O2S. The van der Waals surface area contributed by atoms with Gasteiger partial charge in [0.1, 0.15) is 18.1 Å². The van der Waals surface area contributed by atoms with Crippen LogP contribution in [0.15, 0.2) is 47.4 Å². The molecule has 1 N–H and O–H groups in total. The maximum atomic E-state index is 12.7. The molecule has 0 atom stereocenters. The van der Waals surface area contributed by atoms with Gasteiger partial charge in [0.05, 0.1) is 17.1 Å². The Kier molecular flexibility index (Phi) is 4.36. The Morgan fingerprint density at radius 1 is 1.28 bits per heavy atom. The van der Waals surface area contributed by atoms with Gasteiger partial charge in [-0.25, -0.2) is 0 Å². The number of benzene rings is 2. The number of hydrogen-bond donors (Lipinski definition) is 1. The first kappa shape index (κ1) is 16.4. The van der Waals surface area contributed by atoms with E-state index in [0.29, 0.717) is 30.4 Å². The maximum Gasteiger partial charge on any atom is 0.268 e. The van der Waals surface area contributed by atoms with Crippen LogP contribution in [0.2, 0.25) is 5.02 Å². The van der Waals surface area contributed by atoms with Gasteiger partial charge in [0.25, 0.3) is 5.91 Å². The number of halogens is 1. The number of amides is 1. The number of carbonyl (C=O) groups excluding carboxylic acids is 1. The first-order chi connectivity index (χ1) is 12.2. The summed E-state index contributed by atoms with van der Waals surface area (Å²) in [5.41, 5.74) is 2.59. The molecule has 0 bridgehead atoms. The Morgan fingerprint density at radius 2 is 2.08 bits per heavy atom. The highest BCUT2D eigenvalue weighted by molar-refractivity contribution is 7.98. The molecule has 1 aromatic heterocycles. The van der Waals surface area contributed by atoms with Crippen LogP contribution in [0.1, 0.15) is 16.1 Å². The SMILES string of the molecule is CSc1ccc(CNC(=O)c2cc3c(Cl)ccc4c3n2CCO4)cc1. The highest BCUT2D eigenvalue weighted by Crippen LogP contribution is 2.36. The molecule has 0 spiro atoms. The molecule has 3 aromatic rings. The highest BCUT2D eigenvalue weighted by atomic mass is 35.5. The molecule has 0 fully saturated rings. The fourth-order valence-corrected chi connectivity index (χ4v) is 3.73. The zero-order valence-electron chi connectivity index (χ0n) is 13.7. The summed E-state index contributed by atoms with van der Waals surface area (Å²) >= 11 is 8.00. The quantitative estimate of drug-likeness (QED) is 0.693. The molecule has 0 radical (unpaired) electrons. The van der Waals surface area contributed by atoms with E-state index in [1.54, 1.807) is 11.8 Å². The van der Waals surface area contributed by atoms with E-state index in [2.05, 4.69) is 17.4 Å². The van der Waals surface area contributed by atoms with Gasteiger partial charge < -0.3 is 14.6 Å². The van der Waals surface area contributed by atoms with Crippen molar-refractivity contribution in [3.05, 3.63) is 58.7 Å². The van der Waals surface area contributed by atoms with Gasteiger partial charge in [0, 0.05) is 16.8 Å². The number of rotatable bonds is 4. The van der Waals surface area contributed by atoms with Crippen LogP contribution >= 0.6 is 23.4 Å². The lowest BCUT2D eigenvalue weighted by Crippen LogP contribution is -2.27. The van der Waals surface area contributed by atoms with Crippen LogP contribution < -0.4 is 10.1 Å². The van der Waals surface area contributed by atoms with Crippen LogP contribution in [-0.2, 0) is 13.1 Å². The lowest BCUT2D eigenvalue weighted by atomic mass is 10.2. The van der Waals surface area contributed by atoms with Crippen LogP contribution in [0, 0.1) is 0 Å². The molecule has 4 nitrogen and oxygen atoms in total. The normalized spacial score (nSPS) is 12.9. The van der Waals surface area contributed by atoms with Crippen molar-refractivity contribution < 1.29 is 9.53 Å². The second-order valence-electron chi connectivity index (χ2n) is 5.87. The van der Waals surface area contributed by atoms with E-state index in [4.69, 9.17) is 16.3 Å². The molecule has 2 heterocycles. The van der Waals surface area contributed by atoms with Crippen LogP contribution in [0.25, 0.3) is 10.9 Å². The zero-order valence-corrected chi connectivity index (χ0v) is 15.3.